The maximum absolute atomic E-state index is 15.0. The zero-order chi connectivity index (χ0) is 29.8. The van der Waals surface area contributed by atoms with Gasteiger partial charge >= 0.3 is 0 Å². The quantitative estimate of drug-likeness (QED) is 0.235. The number of nitrogens with zero attached hydrogens (tertiary/aromatic N) is 6. The number of hydrogen-bond donors (Lipinski definition) is 2. The summed E-state index contributed by atoms with van der Waals surface area (Å²) in [4.78, 5) is 20.7. The standard InChI is InChI=1S/C29H38F4N8/c1-5-40-10-12-41(13-11-40)18-20-6-9-26(37-16-20)38-19-39-28(24(31)17-34-2)22-14-21(27(36-4)23(30)15-22)7-8-25(35-3)29(32)33/h6,9,14-17,25,29,35H,2,4-5,7-8,10-13,18-19H2,1,3H3,(H,37,38)/b24-17+,39-28-. The summed E-state index contributed by atoms with van der Waals surface area (Å²) in [5.41, 5.74) is 1.25. The number of hydrogen-bond acceptors (Lipinski definition) is 8. The van der Waals surface area contributed by atoms with Crippen molar-refractivity contribution in [3.8, 4) is 0 Å². The Morgan fingerprint density at radius 1 is 1.15 bits per heavy atom. The van der Waals surface area contributed by atoms with E-state index in [1.807, 2.05) is 12.1 Å². The smallest absolute Gasteiger partial charge is 0.253 e. The van der Waals surface area contributed by atoms with Gasteiger partial charge in [0.25, 0.3) is 6.43 Å². The van der Waals surface area contributed by atoms with E-state index in [0.717, 1.165) is 57.1 Å². The van der Waals surface area contributed by atoms with E-state index in [4.69, 9.17) is 0 Å². The molecule has 0 spiro atoms. The van der Waals surface area contributed by atoms with Crippen molar-refractivity contribution in [1.82, 2.24) is 20.1 Å². The van der Waals surface area contributed by atoms with Gasteiger partial charge in [0.2, 0.25) is 0 Å². The van der Waals surface area contributed by atoms with Crippen LogP contribution >= 0.6 is 0 Å². The Balaban J connectivity index is 1.74. The molecule has 1 saturated heterocycles. The molecule has 222 valence electrons. The Bertz CT molecular complexity index is 1210. The van der Waals surface area contributed by atoms with Gasteiger partial charge in [-0.25, -0.2) is 22.5 Å². The molecule has 2 N–H and O–H groups in total. The highest BCUT2D eigenvalue weighted by molar-refractivity contribution is 6.11. The van der Waals surface area contributed by atoms with Crippen molar-refractivity contribution in [3.63, 3.8) is 0 Å². The van der Waals surface area contributed by atoms with Crippen molar-refractivity contribution < 1.29 is 17.6 Å². The Morgan fingerprint density at radius 2 is 1.88 bits per heavy atom. The van der Waals surface area contributed by atoms with E-state index in [0.29, 0.717) is 11.4 Å². The Kier molecular flexibility index (Phi) is 12.6. The predicted octanol–water partition coefficient (Wildman–Crippen LogP) is 4.85. The SMILES string of the molecule is C=N/C=C(F)\C(=N/CNc1ccc(CN2CCN(CC)CC2)cn1)c1cc(F)c(N=C)c(CCC(NC)C(F)F)c1. The molecule has 0 radical (unpaired) electrons. The van der Waals surface area contributed by atoms with Gasteiger partial charge in [0.15, 0.2) is 5.83 Å². The maximum Gasteiger partial charge on any atom is 0.253 e. The van der Waals surface area contributed by atoms with E-state index in [9.17, 15) is 13.2 Å². The first kappa shape index (κ1) is 32.0. The lowest BCUT2D eigenvalue weighted by molar-refractivity contribution is 0.0981. The van der Waals surface area contributed by atoms with Crippen molar-refractivity contribution in [2.45, 2.75) is 38.8 Å². The molecule has 0 bridgehead atoms. The van der Waals surface area contributed by atoms with E-state index in [-0.39, 0.29) is 36.5 Å². The molecule has 8 nitrogen and oxygen atoms in total. The number of aryl methyl sites for hydroxylation is 1. The number of aliphatic imine (C=N–C) groups is 3. The lowest BCUT2D eigenvalue weighted by Crippen LogP contribution is -2.45. The molecule has 1 unspecified atom stereocenters. The minimum absolute atomic E-state index is 0.0107. The van der Waals surface area contributed by atoms with Crippen LogP contribution in [0.5, 0.6) is 0 Å². The number of alkyl halides is 2. The van der Waals surface area contributed by atoms with E-state index in [1.165, 1.54) is 13.1 Å². The van der Waals surface area contributed by atoms with Gasteiger partial charge in [0, 0.05) is 44.5 Å². The van der Waals surface area contributed by atoms with Crippen LogP contribution in [-0.2, 0) is 13.0 Å². The first-order valence-electron chi connectivity index (χ1n) is 13.5. The number of anilines is 1. The van der Waals surface area contributed by atoms with Crippen LogP contribution in [0.3, 0.4) is 0 Å². The molecule has 0 amide bonds. The first-order valence-corrected chi connectivity index (χ1v) is 13.5. The number of nitrogens with one attached hydrogen (secondary N) is 2. The summed E-state index contributed by atoms with van der Waals surface area (Å²) in [6.07, 6.45) is 0.140. The zero-order valence-corrected chi connectivity index (χ0v) is 23.6. The Hall–Kier alpha value is -3.48. The molecule has 2 heterocycles. The number of benzene rings is 1. The largest absolute Gasteiger partial charge is 0.351 e. The fourth-order valence-corrected chi connectivity index (χ4v) is 4.66. The molecule has 12 heteroatoms. The highest BCUT2D eigenvalue weighted by atomic mass is 19.3. The van der Waals surface area contributed by atoms with Crippen molar-refractivity contribution in [2.75, 3.05) is 51.8 Å². The summed E-state index contributed by atoms with van der Waals surface area (Å²) in [6, 6.07) is 5.28. The maximum atomic E-state index is 15.0. The number of allylic oxidation sites excluding steroid dienone is 1. The number of aromatic nitrogens is 1. The topological polar surface area (TPSA) is 80.5 Å². The highest BCUT2D eigenvalue weighted by Crippen LogP contribution is 2.28. The molecule has 41 heavy (non-hydrogen) atoms. The third kappa shape index (κ3) is 9.27. The van der Waals surface area contributed by atoms with Gasteiger partial charge in [-0.3, -0.25) is 19.9 Å². The van der Waals surface area contributed by atoms with Crippen molar-refractivity contribution in [3.05, 3.63) is 65.0 Å². The average Bonchev–Trinajstić information content (AvgIpc) is 2.96. The monoisotopic (exact) mass is 574 g/mol. The molecule has 1 aromatic carbocycles. The summed E-state index contributed by atoms with van der Waals surface area (Å²) in [5.74, 6) is -1.06. The van der Waals surface area contributed by atoms with Crippen molar-refractivity contribution in [2.24, 2.45) is 15.0 Å². The van der Waals surface area contributed by atoms with Gasteiger partial charge in [-0.05, 0) is 69.2 Å². The number of likely N-dealkylation sites (N-methyl/N-ethyl adjacent to an activating group) is 1. The summed E-state index contributed by atoms with van der Waals surface area (Å²) < 4.78 is 56.4. The van der Waals surface area contributed by atoms with Gasteiger partial charge in [-0.15, -0.1) is 0 Å². The van der Waals surface area contributed by atoms with Crippen molar-refractivity contribution in [1.29, 1.82) is 0 Å². The lowest BCUT2D eigenvalue weighted by atomic mass is 9.98. The second kappa shape index (κ2) is 16.1. The number of rotatable bonds is 15. The van der Waals surface area contributed by atoms with Gasteiger partial charge in [-0.1, -0.05) is 13.0 Å². The molecule has 1 aromatic heterocycles. The second-order valence-corrected chi connectivity index (χ2v) is 9.66. The van der Waals surface area contributed by atoms with Gasteiger partial charge in [-0.2, -0.15) is 0 Å². The molecule has 0 aliphatic carbocycles. The fourth-order valence-electron chi connectivity index (χ4n) is 4.66. The van der Waals surface area contributed by atoms with Gasteiger partial charge in [0.05, 0.1) is 12.2 Å². The average molecular weight is 575 g/mol. The van der Waals surface area contributed by atoms with Crippen LogP contribution < -0.4 is 10.6 Å². The summed E-state index contributed by atoms with van der Waals surface area (Å²) >= 11 is 0. The minimum atomic E-state index is -2.60. The van der Waals surface area contributed by atoms with Crippen molar-refractivity contribution >= 4 is 30.7 Å². The molecule has 2 aromatic rings. The van der Waals surface area contributed by atoms with Crippen LogP contribution in [0.25, 0.3) is 0 Å². The lowest BCUT2D eigenvalue weighted by Gasteiger charge is -2.33. The summed E-state index contributed by atoms with van der Waals surface area (Å²) in [6.45, 7) is 14.8. The van der Waals surface area contributed by atoms with Crippen LogP contribution in [-0.4, -0.2) is 92.8 Å². The van der Waals surface area contributed by atoms with E-state index in [1.54, 1.807) is 6.20 Å². The molecule has 0 saturated carbocycles. The van der Waals surface area contributed by atoms with Crippen LogP contribution in [0, 0.1) is 5.82 Å². The Labute approximate surface area is 239 Å². The second-order valence-electron chi connectivity index (χ2n) is 9.66. The Morgan fingerprint density at radius 3 is 2.46 bits per heavy atom. The molecule has 1 aliphatic rings. The van der Waals surface area contributed by atoms with Gasteiger partial charge in [0.1, 0.15) is 29.7 Å². The van der Waals surface area contributed by atoms with Crippen LogP contribution in [0.4, 0.5) is 29.1 Å². The molecule has 1 atom stereocenters. The van der Waals surface area contributed by atoms with Crippen LogP contribution in [0.1, 0.15) is 30.0 Å². The van der Waals surface area contributed by atoms with E-state index < -0.39 is 24.1 Å². The minimum Gasteiger partial charge on any atom is -0.351 e. The zero-order valence-electron chi connectivity index (χ0n) is 23.6. The molecule has 3 rings (SSSR count). The molecular weight excluding hydrogens is 536 g/mol. The summed E-state index contributed by atoms with van der Waals surface area (Å²) in [7, 11) is 1.43. The number of halogens is 4. The summed E-state index contributed by atoms with van der Waals surface area (Å²) in [5, 5.41) is 5.57. The van der Waals surface area contributed by atoms with E-state index >= 15 is 4.39 Å². The molecule has 1 aliphatic heterocycles. The van der Waals surface area contributed by atoms with E-state index in [2.05, 4.69) is 60.8 Å². The molecular formula is C29H38F4N8. The highest BCUT2D eigenvalue weighted by Gasteiger charge is 2.21. The number of pyridine rings is 1. The number of piperazine rings is 1. The third-order valence-electron chi connectivity index (χ3n) is 7.04. The van der Waals surface area contributed by atoms with Crippen LogP contribution in [0.2, 0.25) is 0 Å². The van der Waals surface area contributed by atoms with Gasteiger partial charge < -0.3 is 15.5 Å². The molecule has 1 fully saturated rings. The first-order chi connectivity index (χ1) is 19.8. The third-order valence-corrected chi connectivity index (χ3v) is 7.04. The van der Waals surface area contributed by atoms with Crippen LogP contribution in [0.15, 0.2) is 57.5 Å². The predicted molar refractivity (Wildman–Crippen MR) is 158 cm³/mol. The normalized spacial score (nSPS) is 16.2. The fraction of sp³-hybridized carbons (Fsp3) is 0.448.